The molecule has 1 heterocycles. The highest BCUT2D eigenvalue weighted by molar-refractivity contribution is 7.88. The summed E-state index contributed by atoms with van der Waals surface area (Å²) in [5.41, 5.74) is 4.08. The first kappa shape index (κ1) is 19.9. The fraction of sp³-hybridized carbons (Fsp3) is 0.429. The van der Waals surface area contributed by atoms with E-state index in [1.165, 1.54) is 0 Å². The third kappa shape index (κ3) is 4.34. The van der Waals surface area contributed by atoms with Crippen molar-refractivity contribution in [3.05, 3.63) is 54.1 Å². The van der Waals surface area contributed by atoms with Gasteiger partial charge in [0.15, 0.2) is 0 Å². The Kier molecular flexibility index (Phi) is 6.52. The van der Waals surface area contributed by atoms with E-state index in [1.807, 2.05) is 51.1 Å². The van der Waals surface area contributed by atoms with Gasteiger partial charge in [-0.05, 0) is 37.1 Å². The number of rotatable bonds is 8. The number of hydrogen-bond donors (Lipinski definition) is 1. The van der Waals surface area contributed by atoms with Gasteiger partial charge in [-0.2, -0.15) is 0 Å². The molecule has 146 valence electrons. The maximum atomic E-state index is 13.4. The van der Waals surface area contributed by atoms with Crippen LogP contribution in [0.25, 0.3) is 0 Å². The summed E-state index contributed by atoms with van der Waals surface area (Å²) in [6.45, 7) is 7.76. The zero-order valence-electron chi connectivity index (χ0n) is 16.5. The summed E-state index contributed by atoms with van der Waals surface area (Å²) in [4.78, 5) is 0. The van der Waals surface area contributed by atoms with Gasteiger partial charge >= 0.3 is 0 Å². The van der Waals surface area contributed by atoms with E-state index in [1.54, 1.807) is 7.11 Å². The van der Waals surface area contributed by atoms with Crippen molar-refractivity contribution in [2.45, 2.75) is 39.3 Å². The van der Waals surface area contributed by atoms with Gasteiger partial charge in [-0.3, -0.25) is 4.31 Å². The Balaban J connectivity index is 1.81. The standard InChI is InChI=1S/C21H29N3O2S/c1-16(2)22-15-18(26-4)13-14-23-20-11-7-8-12-21(20)24(27(23)25)19-10-6-5-9-17(19)3/h5-12,16,18,22H,13-15H2,1-4H3. The maximum Gasteiger partial charge on any atom is 0.230 e. The van der Waals surface area contributed by atoms with Crippen LogP contribution in [-0.2, 0) is 15.9 Å². The van der Waals surface area contributed by atoms with E-state index < -0.39 is 11.2 Å². The van der Waals surface area contributed by atoms with Crippen molar-refractivity contribution < 1.29 is 8.95 Å². The van der Waals surface area contributed by atoms with Crippen LogP contribution in [0.5, 0.6) is 0 Å². The van der Waals surface area contributed by atoms with Gasteiger partial charge in [0.1, 0.15) is 0 Å². The summed E-state index contributed by atoms with van der Waals surface area (Å²) >= 11 is -1.30. The number of fused-ring (bicyclic) bond motifs is 1. The zero-order valence-corrected chi connectivity index (χ0v) is 17.3. The number of nitrogens with one attached hydrogen (secondary N) is 1. The van der Waals surface area contributed by atoms with Crippen molar-refractivity contribution in [1.29, 1.82) is 0 Å². The lowest BCUT2D eigenvalue weighted by Crippen LogP contribution is -2.37. The molecule has 0 radical (unpaired) electrons. The summed E-state index contributed by atoms with van der Waals surface area (Å²) in [7, 11) is 1.74. The molecule has 6 heteroatoms. The lowest BCUT2D eigenvalue weighted by atomic mass is 10.1. The lowest BCUT2D eigenvalue weighted by molar-refractivity contribution is 0.0950. The summed E-state index contributed by atoms with van der Waals surface area (Å²) in [5.74, 6) is 0. The smallest absolute Gasteiger partial charge is 0.230 e. The van der Waals surface area contributed by atoms with Gasteiger partial charge in [0.25, 0.3) is 0 Å². The molecular weight excluding hydrogens is 358 g/mol. The van der Waals surface area contributed by atoms with Crippen molar-refractivity contribution >= 4 is 28.2 Å². The van der Waals surface area contributed by atoms with E-state index in [2.05, 4.69) is 32.2 Å². The number of ether oxygens (including phenoxy) is 1. The van der Waals surface area contributed by atoms with E-state index in [-0.39, 0.29) is 6.10 Å². The number of para-hydroxylation sites is 3. The van der Waals surface area contributed by atoms with Gasteiger partial charge in [0.05, 0.1) is 23.2 Å². The van der Waals surface area contributed by atoms with Crippen LogP contribution in [0.4, 0.5) is 17.1 Å². The fourth-order valence-electron chi connectivity index (χ4n) is 3.25. The predicted molar refractivity (Wildman–Crippen MR) is 114 cm³/mol. The summed E-state index contributed by atoms with van der Waals surface area (Å²) in [5, 5.41) is 3.41. The normalized spacial score (nSPS) is 17.4. The van der Waals surface area contributed by atoms with Gasteiger partial charge in [-0.25, -0.2) is 8.51 Å². The molecule has 1 aliphatic heterocycles. The largest absolute Gasteiger partial charge is 0.380 e. The van der Waals surface area contributed by atoms with Crippen LogP contribution in [0.15, 0.2) is 48.5 Å². The predicted octanol–water partition coefficient (Wildman–Crippen LogP) is 3.93. The summed E-state index contributed by atoms with van der Waals surface area (Å²) in [6, 6.07) is 16.6. The van der Waals surface area contributed by atoms with Gasteiger partial charge < -0.3 is 10.1 Å². The van der Waals surface area contributed by atoms with Crippen molar-refractivity contribution in [3.8, 4) is 0 Å². The van der Waals surface area contributed by atoms with Gasteiger partial charge in [0, 0.05) is 26.2 Å². The third-order valence-corrected chi connectivity index (χ3v) is 6.25. The van der Waals surface area contributed by atoms with E-state index in [4.69, 9.17) is 4.74 Å². The second-order valence-corrected chi connectivity index (χ2v) is 8.38. The second kappa shape index (κ2) is 8.87. The monoisotopic (exact) mass is 387 g/mol. The fourth-order valence-corrected chi connectivity index (χ4v) is 4.73. The molecule has 0 aliphatic carbocycles. The Hall–Kier alpha value is -1.89. The topological polar surface area (TPSA) is 44.8 Å². The second-order valence-electron chi connectivity index (χ2n) is 7.11. The minimum atomic E-state index is -1.30. The van der Waals surface area contributed by atoms with Crippen LogP contribution in [0.2, 0.25) is 0 Å². The molecule has 0 bridgehead atoms. The molecule has 27 heavy (non-hydrogen) atoms. The van der Waals surface area contributed by atoms with E-state index in [0.29, 0.717) is 12.6 Å². The molecular formula is C21H29N3O2S. The van der Waals surface area contributed by atoms with Crippen LogP contribution in [0.1, 0.15) is 25.8 Å². The Morgan fingerprint density at radius 1 is 1.04 bits per heavy atom. The van der Waals surface area contributed by atoms with Crippen molar-refractivity contribution in [2.75, 3.05) is 28.8 Å². The highest BCUT2D eigenvalue weighted by atomic mass is 32.2. The van der Waals surface area contributed by atoms with Crippen LogP contribution in [0, 0.1) is 6.92 Å². The first-order valence-corrected chi connectivity index (χ1v) is 10.5. The SMILES string of the molecule is COC(CCN1c2ccccc2N(c2ccccc2C)S1=O)CNC(C)C. The minimum absolute atomic E-state index is 0.0871. The molecule has 2 atom stereocenters. The lowest BCUT2D eigenvalue weighted by Gasteiger charge is -2.23. The Labute approximate surface area is 165 Å². The third-order valence-electron chi connectivity index (χ3n) is 4.79. The van der Waals surface area contributed by atoms with Crippen LogP contribution in [0.3, 0.4) is 0 Å². The van der Waals surface area contributed by atoms with Crippen molar-refractivity contribution in [3.63, 3.8) is 0 Å². The molecule has 1 aliphatic rings. The van der Waals surface area contributed by atoms with Crippen molar-refractivity contribution in [2.24, 2.45) is 0 Å². The Morgan fingerprint density at radius 3 is 2.30 bits per heavy atom. The van der Waals surface area contributed by atoms with Crippen LogP contribution >= 0.6 is 0 Å². The molecule has 0 saturated carbocycles. The van der Waals surface area contributed by atoms with E-state index in [9.17, 15) is 4.21 Å². The van der Waals surface area contributed by atoms with Gasteiger partial charge in [-0.15, -0.1) is 0 Å². The Bertz CT molecular complexity index is 797. The molecule has 3 rings (SSSR count). The maximum absolute atomic E-state index is 13.4. The van der Waals surface area contributed by atoms with Crippen LogP contribution < -0.4 is 13.9 Å². The Morgan fingerprint density at radius 2 is 1.67 bits per heavy atom. The molecule has 2 aromatic rings. The van der Waals surface area contributed by atoms with Crippen molar-refractivity contribution in [1.82, 2.24) is 5.32 Å². The quantitative estimate of drug-likeness (QED) is 0.746. The molecule has 0 aromatic heterocycles. The minimum Gasteiger partial charge on any atom is -0.380 e. The van der Waals surface area contributed by atoms with E-state index >= 15 is 0 Å². The van der Waals surface area contributed by atoms with Crippen LogP contribution in [-0.4, -0.2) is 36.6 Å². The first-order valence-electron chi connectivity index (χ1n) is 9.43. The average Bonchev–Trinajstić information content (AvgIpc) is 2.94. The highest BCUT2D eigenvalue weighted by Gasteiger charge is 2.35. The summed E-state index contributed by atoms with van der Waals surface area (Å²) in [6.07, 6.45) is 0.891. The first-order chi connectivity index (χ1) is 13.0. The number of anilines is 3. The molecule has 1 N–H and O–H groups in total. The number of benzene rings is 2. The van der Waals surface area contributed by atoms with Gasteiger partial charge in [-0.1, -0.05) is 44.2 Å². The molecule has 2 unspecified atom stereocenters. The molecule has 0 saturated heterocycles. The van der Waals surface area contributed by atoms with Gasteiger partial charge in [0.2, 0.25) is 11.2 Å². The molecule has 0 amide bonds. The number of methoxy groups -OCH3 is 1. The average molecular weight is 388 g/mol. The molecule has 0 fully saturated rings. The highest BCUT2D eigenvalue weighted by Crippen LogP contribution is 2.44. The molecule has 5 nitrogen and oxygen atoms in total. The molecule has 2 aromatic carbocycles. The summed E-state index contributed by atoms with van der Waals surface area (Å²) < 4.78 is 22.9. The van der Waals surface area contributed by atoms with E-state index in [0.717, 1.165) is 35.6 Å². The number of aryl methyl sites for hydroxylation is 1. The number of nitrogens with zero attached hydrogens (tertiary/aromatic N) is 2. The zero-order chi connectivity index (χ0) is 19.4. The number of hydrogen-bond acceptors (Lipinski definition) is 3. The molecule has 0 spiro atoms.